The zero-order valence-electron chi connectivity index (χ0n) is 19.4. The van der Waals surface area contributed by atoms with Crippen LogP contribution in [0.4, 0.5) is 5.69 Å². The molecule has 0 bridgehead atoms. The number of Topliss-reactive ketones (excluding diaryl/α,β-unsaturated/α-hetero) is 1. The monoisotopic (exact) mass is 475 g/mol. The summed E-state index contributed by atoms with van der Waals surface area (Å²) in [7, 11) is 1.23. The third kappa shape index (κ3) is 3.30. The number of hydrogen-bond acceptors (Lipinski definition) is 7. The molecule has 2 aromatic rings. The van der Waals surface area contributed by atoms with E-state index in [0.717, 1.165) is 10.5 Å². The smallest absolute Gasteiger partial charge is 0.307 e. The van der Waals surface area contributed by atoms with Crippen LogP contribution in [-0.4, -0.2) is 60.1 Å². The molecule has 35 heavy (non-hydrogen) atoms. The molecule has 2 aromatic carbocycles. The van der Waals surface area contributed by atoms with Gasteiger partial charge in [-0.25, -0.2) is 4.90 Å². The molecule has 3 aliphatic rings. The van der Waals surface area contributed by atoms with Crippen LogP contribution in [0.2, 0.25) is 0 Å². The van der Waals surface area contributed by atoms with E-state index in [0.29, 0.717) is 24.3 Å². The van der Waals surface area contributed by atoms with Gasteiger partial charge in [0.05, 0.1) is 31.1 Å². The van der Waals surface area contributed by atoms with E-state index in [-0.39, 0.29) is 12.2 Å². The number of nitrogens with one attached hydrogen (secondary N) is 1. The van der Waals surface area contributed by atoms with Crippen LogP contribution < -0.4 is 10.2 Å². The van der Waals surface area contributed by atoms with E-state index in [1.165, 1.54) is 14.0 Å². The Balaban J connectivity index is 1.67. The number of piperazine rings is 1. The van der Waals surface area contributed by atoms with Crippen molar-refractivity contribution >= 4 is 35.2 Å². The lowest BCUT2D eigenvalue weighted by Gasteiger charge is -2.45. The van der Waals surface area contributed by atoms with E-state index in [2.05, 4.69) is 5.32 Å². The van der Waals surface area contributed by atoms with Gasteiger partial charge in [0.2, 0.25) is 17.7 Å². The number of ketones is 1. The average Bonchev–Trinajstić information content (AvgIpc) is 3.30. The van der Waals surface area contributed by atoms with Gasteiger partial charge in [-0.1, -0.05) is 30.3 Å². The van der Waals surface area contributed by atoms with E-state index < -0.39 is 47.1 Å². The highest BCUT2D eigenvalue weighted by Crippen LogP contribution is 2.57. The normalized spacial score (nSPS) is 27.9. The number of esters is 1. The fourth-order valence-electron chi connectivity index (χ4n) is 5.91. The molecular weight excluding hydrogens is 450 g/mol. The second-order valence-corrected chi connectivity index (χ2v) is 9.10. The molecule has 0 aromatic heterocycles. The topological polar surface area (TPSA) is 113 Å². The maximum Gasteiger partial charge on any atom is 0.307 e. The maximum atomic E-state index is 13.9. The highest BCUT2D eigenvalue weighted by Gasteiger charge is 2.73. The Morgan fingerprint density at radius 1 is 1.03 bits per heavy atom. The van der Waals surface area contributed by atoms with E-state index in [9.17, 15) is 24.0 Å². The molecule has 0 saturated carbocycles. The van der Waals surface area contributed by atoms with Gasteiger partial charge in [-0.05, 0) is 36.8 Å². The van der Waals surface area contributed by atoms with Crippen molar-refractivity contribution in [3.8, 4) is 0 Å². The Labute approximate surface area is 202 Å². The minimum atomic E-state index is -1.56. The summed E-state index contributed by atoms with van der Waals surface area (Å²) >= 11 is 0. The number of anilines is 1. The molecule has 3 heterocycles. The Morgan fingerprint density at radius 3 is 2.34 bits per heavy atom. The maximum absolute atomic E-state index is 13.9. The van der Waals surface area contributed by atoms with Gasteiger partial charge in [-0.3, -0.25) is 28.9 Å². The predicted molar refractivity (Wildman–Crippen MR) is 124 cm³/mol. The number of carbonyl (C=O) groups is 5. The lowest BCUT2D eigenvalue weighted by atomic mass is 9.76. The van der Waals surface area contributed by atoms with Gasteiger partial charge < -0.3 is 10.1 Å². The zero-order chi connectivity index (χ0) is 24.9. The van der Waals surface area contributed by atoms with Crippen LogP contribution in [-0.2, 0) is 23.9 Å². The summed E-state index contributed by atoms with van der Waals surface area (Å²) in [5.41, 5.74) is 0.00779. The number of methoxy groups -OCH3 is 1. The Morgan fingerprint density at radius 2 is 1.71 bits per heavy atom. The number of hydrogen-bond donors (Lipinski definition) is 1. The molecule has 9 heteroatoms. The SMILES string of the molecule is COC(=O)C[C@]12C(=O)NCCN1[C@@H](c1ccccc1)[C@@H]1C(=O)N(c3ccc(C(C)=O)cc3)C(=O)[C@H]12. The quantitative estimate of drug-likeness (QED) is 0.396. The van der Waals surface area contributed by atoms with Crippen LogP contribution in [0.25, 0.3) is 0 Å². The highest BCUT2D eigenvalue weighted by molar-refractivity contribution is 6.24. The van der Waals surface area contributed by atoms with Crippen molar-refractivity contribution in [1.82, 2.24) is 10.2 Å². The fourth-order valence-corrected chi connectivity index (χ4v) is 5.91. The Bertz CT molecular complexity index is 1230. The number of amides is 3. The van der Waals surface area contributed by atoms with Gasteiger partial charge in [0.15, 0.2) is 5.78 Å². The molecule has 3 saturated heterocycles. The van der Waals surface area contributed by atoms with Crippen molar-refractivity contribution in [1.29, 1.82) is 0 Å². The Hall–Kier alpha value is -3.85. The summed E-state index contributed by atoms with van der Waals surface area (Å²) in [6, 6.07) is 14.9. The van der Waals surface area contributed by atoms with Crippen LogP contribution in [0.15, 0.2) is 54.6 Å². The van der Waals surface area contributed by atoms with E-state index in [1.54, 1.807) is 24.3 Å². The fraction of sp³-hybridized carbons (Fsp3) is 0.346. The molecule has 5 rings (SSSR count). The molecule has 180 valence electrons. The van der Waals surface area contributed by atoms with Gasteiger partial charge in [-0.2, -0.15) is 0 Å². The second kappa shape index (κ2) is 8.42. The molecule has 0 radical (unpaired) electrons. The number of ether oxygens (including phenoxy) is 1. The van der Waals surface area contributed by atoms with Crippen molar-refractivity contribution in [2.45, 2.75) is 24.9 Å². The van der Waals surface area contributed by atoms with Crippen molar-refractivity contribution in [3.05, 3.63) is 65.7 Å². The first-order valence-corrected chi connectivity index (χ1v) is 11.5. The summed E-state index contributed by atoms with van der Waals surface area (Å²) in [5.74, 6) is -4.15. The number of fused-ring (bicyclic) bond motifs is 3. The van der Waals surface area contributed by atoms with Crippen LogP contribution in [0.3, 0.4) is 0 Å². The van der Waals surface area contributed by atoms with E-state index in [4.69, 9.17) is 4.74 Å². The first-order chi connectivity index (χ1) is 16.8. The Kier molecular flexibility index (Phi) is 5.52. The minimum Gasteiger partial charge on any atom is -0.469 e. The zero-order valence-corrected chi connectivity index (χ0v) is 19.4. The van der Waals surface area contributed by atoms with Gasteiger partial charge in [0.1, 0.15) is 5.54 Å². The summed E-state index contributed by atoms with van der Waals surface area (Å²) < 4.78 is 4.92. The number of carbonyl (C=O) groups excluding carboxylic acids is 5. The summed E-state index contributed by atoms with van der Waals surface area (Å²) in [5, 5.41) is 2.81. The predicted octanol–water partition coefficient (Wildman–Crippen LogP) is 1.48. The van der Waals surface area contributed by atoms with Crippen LogP contribution in [0.1, 0.15) is 35.3 Å². The molecule has 3 amide bonds. The summed E-state index contributed by atoms with van der Waals surface area (Å²) in [6.45, 7) is 2.15. The second-order valence-electron chi connectivity index (χ2n) is 9.10. The third-order valence-corrected chi connectivity index (χ3v) is 7.40. The van der Waals surface area contributed by atoms with Crippen molar-refractivity contribution in [2.75, 3.05) is 25.1 Å². The van der Waals surface area contributed by atoms with Gasteiger partial charge in [0, 0.05) is 24.7 Å². The highest BCUT2D eigenvalue weighted by atomic mass is 16.5. The third-order valence-electron chi connectivity index (χ3n) is 7.40. The van der Waals surface area contributed by atoms with E-state index >= 15 is 0 Å². The molecule has 9 nitrogen and oxygen atoms in total. The number of imide groups is 1. The van der Waals surface area contributed by atoms with Crippen LogP contribution in [0, 0.1) is 11.8 Å². The van der Waals surface area contributed by atoms with Crippen LogP contribution in [0.5, 0.6) is 0 Å². The molecule has 3 aliphatic heterocycles. The number of nitrogens with zero attached hydrogens (tertiary/aromatic N) is 2. The van der Waals surface area contributed by atoms with Gasteiger partial charge in [0.25, 0.3) is 0 Å². The van der Waals surface area contributed by atoms with Crippen LogP contribution >= 0.6 is 0 Å². The van der Waals surface area contributed by atoms with Crippen molar-refractivity contribution in [2.24, 2.45) is 11.8 Å². The number of rotatable bonds is 5. The van der Waals surface area contributed by atoms with Gasteiger partial charge in [-0.15, -0.1) is 0 Å². The molecule has 0 aliphatic carbocycles. The summed E-state index contributed by atoms with van der Waals surface area (Å²) in [4.78, 5) is 68.6. The molecule has 0 unspecified atom stereocenters. The lowest BCUT2D eigenvalue weighted by molar-refractivity contribution is -0.154. The molecule has 3 fully saturated rings. The largest absolute Gasteiger partial charge is 0.469 e. The summed E-state index contributed by atoms with van der Waals surface area (Å²) in [6.07, 6.45) is -0.351. The first-order valence-electron chi connectivity index (χ1n) is 11.5. The number of benzene rings is 2. The minimum absolute atomic E-state index is 0.136. The lowest BCUT2D eigenvalue weighted by Crippen LogP contribution is -2.67. The average molecular weight is 476 g/mol. The molecule has 1 N–H and O–H groups in total. The molecule has 0 spiro atoms. The van der Waals surface area contributed by atoms with Crippen molar-refractivity contribution < 1.29 is 28.7 Å². The van der Waals surface area contributed by atoms with Gasteiger partial charge >= 0.3 is 5.97 Å². The molecule has 4 atom stereocenters. The first kappa shape index (κ1) is 22.9. The van der Waals surface area contributed by atoms with E-state index in [1.807, 2.05) is 35.2 Å². The molecular formula is C26H25N3O6. The standard InChI is InChI=1S/C26H25N3O6/c1-15(30)16-8-10-18(11-9-16)29-23(32)20-21(24(29)33)26(14-19(31)35-2)25(34)27-12-13-28(26)22(20)17-6-4-3-5-7-17/h3-11,20-22H,12-14H2,1-2H3,(H,27,34)/t20-,21+,22+,26+/m1/s1. The van der Waals surface area contributed by atoms with Crippen molar-refractivity contribution in [3.63, 3.8) is 0 Å².